The Bertz CT molecular complexity index is 1220. The third kappa shape index (κ3) is 69.1. The van der Waals surface area contributed by atoms with Gasteiger partial charge in [0.2, 0.25) is 0 Å². The lowest BCUT2D eigenvalue weighted by Crippen LogP contribution is -2.30. The largest absolute Gasteiger partial charge is 0.462 e. The Hall–Kier alpha value is -1.59. The second-order valence-electron chi connectivity index (χ2n) is 25.9. The van der Waals surface area contributed by atoms with Gasteiger partial charge < -0.3 is 14.2 Å². The molecular formula is C75H146O6. The van der Waals surface area contributed by atoms with Crippen LogP contribution in [0.1, 0.15) is 445 Å². The molecule has 0 amide bonds. The van der Waals surface area contributed by atoms with Crippen LogP contribution in [0, 0.1) is 0 Å². The van der Waals surface area contributed by atoms with Crippen LogP contribution in [-0.2, 0) is 28.6 Å². The van der Waals surface area contributed by atoms with Crippen LogP contribution in [-0.4, -0.2) is 37.2 Å². The molecular weight excluding hydrogens is 997 g/mol. The van der Waals surface area contributed by atoms with Crippen molar-refractivity contribution in [3.8, 4) is 0 Å². The zero-order valence-electron chi connectivity index (χ0n) is 55.6. The Labute approximate surface area is 508 Å². The van der Waals surface area contributed by atoms with E-state index in [1.54, 1.807) is 0 Å². The first-order valence-electron chi connectivity index (χ1n) is 37.5. The first-order chi connectivity index (χ1) is 40.0. The van der Waals surface area contributed by atoms with Crippen molar-refractivity contribution in [2.75, 3.05) is 13.2 Å². The molecule has 0 aliphatic carbocycles. The Morgan fingerprint density at radius 3 is 0.494 bits per heavy atom. The Morgan fingerprint density at radius 1 is 0.198 bits per heavy atom. The number of hydrogen-bond acceptors (Lipinski definition) is 6. The summed E-state index contributed by atoms with van der Waals surface area (Å²) in [5, 5.41) is 0. The van der Waals surface area contributed by atoms with Crippen molar-refractivity contribution in [3.05, 3.63) is 0 Å². The first-order valence-corrected chi connectivity index (χ1v) is 37.5. The lowest BCUT2D eigenvalue weighted by molar-refractivity contribution is -0.167. The number of carbonyl (C=O) groups excluding carboxylic acids is 3. The van der Waals surface area contributed by atoms with Gasteiger partial charge in [-0.25, -0.2) is 0 Å². The van der Waals surface area contributed by atoms with Crippen LogP contribution in [0.5, 0.6) is 0 Å². The Balaban J connectivity index is 4.20. The van der Waals surface area contributed by atoms with Crippen molar-refractivity contribution in [2.24, 2.45) is 0 Å². The number of esters is 3. The summed E-state index contributed by atoms with van der Waals surface area (Å²) in [5.74, 6) is -0.815. The van der Waals surface area contributed by atoms with E-state index in [4.69, 9.17) is 14.2 Å². The highest BCUT2D eigenvalue weighted by molar-refractivity contribution is 5.71. The van der Waals surface area contributed by atoms with Gasteiger partial charge in [-0.1, -0.05) is 406 Å². The van der Waals surface area contributed by atoms with Crippen molar-refractivity contribution < 1.29 is 28.6 Å². The zero-order valence-corrected chi connectivity index (χ0v) is 55.6. The first kappa shape index (κ1) is 79.4. The van der Waals surface area contributed by atoms with Gasteiger partial charge in [0.05, 0.1) is 0 Å². The average Bonchev–Trinajstić information content (AvgIpc) is 3.47. The minimum Gasteiger partial charge on any atom is -0.462 e. The summed E-state index contributed by atoms with van der Waals surface area (Å²) < 4.78 is 17.0. The van der Waals surface area contributed by atoms with Crippen molar-refractivity contribution in [2.45, 2.75) is 451 Å². The molecule has 0 saturated heterocycles. The van der Waals surface area contributed by atoms with E-state index in [-0.39, 0.29) is 31.1 Å². The van der Waals surface area contributed by atoms with Gasteiger partial charge in [0.15, 0.2) is 6.10 Å². The topological polar surface area (TPSA) is 78.9 Å². The van der Waals surface area contributed by atoms with E-state index >= 15 is 0 Å². The molecule has 0 N–H and O–H groups in total. The highest BCUT2D eigenvalue weighted by Crippen LogP contribution is 2.20. The van der Waals surface area contributed by atoms with Gasteiger partial charge in [0.25, 0.3) is 0 Å². The molecule has 0 bridgehead atoms. The normalized spacial score (nSPS) is 11.9. The molecule has 0 aromatic rings. The third-order valence-electron chi connectivity index (χ3n) is 17.6. The standard InChI is InChI=1S/C75H146O6/c1-4-7-10-13-16-19-22-25-28-31-33-35-36-37-38-39-40-41-43-44-47-50-53-56-59-62-65-68-74(77)80-71-72(70-79-73(76)67-64-61-58-55-52-49-46-30-27-24-21-18-15-12-9-6-3)81-75(78)69-66-63-60-57-54-51-48-45-42-34-32-29-26-23-20-17-14-11-8-5-2/h72H,4-71H2,1-3H3. The summed E-state index contributed by atoms with van der Waals surface area (Å²) in [6.07, 6.45) is 84.3. The molecule has 0 heterocycles. The molecule has 1 unspecified atom stereocenters. The number of rotatable bonds is 71. The lowest BCUT2D eigenvalue weighted by Gasteiger charge is -2.18. The maximum atomic E-state index is 13.0. The van der Waals surface area contributed by atoms with E-state index in [0.29, 0.717) is 19.3 Å². The van der Waals surface area contributed by atoms with Crippen LogP contribution in [0.2, 0.25) is 0 Å². The van der Waals surface area contributed by atoms with E-state index in [2.05, 4.69) is 20.8 Å². The summed E-state index contributed by atoms with van der Waals surface area (Å²) in [6, 6.07) is 0. The lowest BCUT2D eigenvalue weighted by atomic mass is 10.0. The Morgan fingerprint density at radius 2 is 0.333 bits per heavy atom. The van der Waals surface area contributed by atoms with Gasteiger partial charge in [-0.2, -0.15) is 0 Å². The van der Waals surface area contributed by atoms with E-state index in [1.165, 1.54) is 347 Å². The molecule has 0 aliphatic heterocycles. The smallest absolute Gasteiger partial charge is 0.306 e. The maximum Gasteiger partial charge on any atom is 0.306 e. The molecule has 0 fully saturated rings. The number of carbonyl (C=O) groups is 3. The zero-order chi connectivity index (χ0) is 58.5. The van der Waals surface area contributed by atoms with Crippen molar-refractivity contribution in [3.63, 3.8) is 0 Å². The highest BCUT2D eigenvalue weighted by atomic mass is 16.6. The van der Waals surface area contributed by atoms with Crippen LogP contribution < -0.4 is 0 Å². The molecule has 0 spiro atoms. The second kappa shape index (κ2) is 70.9. The number of hydrogen-bond donors (Lipinski definition) is 0. The van der Waals surface area contributed by atoms with Crippen LogP contribution in [0.25, 0.3) is 0 Å². The van der Waals surface area contributed by atoms with Gasteiger partial charge in [0, 0.05) is 19.3 Å². The quantitative estimate of drug-likeness (QED) is 0.0343. The fraction of sp³-hybridized carbons (Fsp3) is 0.960. The van der Waals surface area contributed by atoms with E-state index in [0.717, 1.165) is 57.8 Å². The Kier molecular flexibility index (Phi) is 69.5. The molecule has 482 valence electrons. The van der Waals surface area contributed by atoms with Gasteiger partial charge in [-0.15, -0.1) is 0 Å². The van der Waals surface area contributed by atoms with Crippen LogP contribution in [0.15, 0.2) is 0 Å². The molecule has 0 rings (SSSR count). The van der Waals surface area contributed by atoms with E-state index < -0.39 is 6.10 Å². The van der Waals surface area contributed by atoms with Crippen molar-refractivity contribution >= 4 is 17.9 Å². The molecule has 0 aliphatic rings. The van der Waals surface area contributed by atoms with Crippen molar-refractivity contribution in [1.82, 2.24) is 0 Å². The number of unbranched alkanes of at least 4 members (excludes halogenated alkanes) is 60. The summed E-state index contributed by atoms with van der Waals surface area (Å²) in [7, 11) is 0. The predicted octanol–water partition coefficient (Wildman–Crippen LogP) is 25.8. The highest BCUT2D eigenvalue weighted by Gasteiger charge is 2.20. The fourth-order valence-corrected chi connectivity index (χ4v) is 12.0. The molecule has 0 saturated carbocycles. The van der Waals surface area contributed by atoms with Gasteiger partial charge in [0.1, 0.15) is 13.2 Å². The van der Waals surface area contributed by atoms with Crippen LogP contribution in [0.4, 0.5) is 0 Å². The second-order valence-corrected chi connectivity index (χ2v) is 25.9. The molecule has 1 atom stereocenters. The van der Waals surface area contributed by atoms with E-state index in [9.17, 15) is 14.4 Å². The molecule has 6 nitrogen and oxygen atoms in total. The molecule has 0 aromatic carbocycles. The minimum atomic E-state index is -0.764. The monoisotopic (exact) mass is 1140 g/mol. The minimum absolute atomic E-state index is 0.0599. The van der Waals surface area contributed by atoms with E-state index in [1.807, 2.05) is 0 Å². The average molecular weight is 1140 g/mol. The molecule has 0 aromatic heterocycles. The summed E-state index contributed by atoms with van der Waals surface area (Å²) in [4.78, 5) is 38.5. The molecule has 6 heteroatoms. The predicted molar refractivity (Wildman–Crippen MR) is 354 cm³/mol. The van der Waals surface area contributed by atoms with Crippen LogP contribution >= 0.6 is 0 Å². The molecule has 0 radical (unpaired) electrons. The van der Waals surface area contributed by atoms with Crippen LogP contribution in [0.3, 0.4) is 0 Å². The summed E-state index contributed by atoms with van der Waals surface area (Å²) in [5.41, 5.74) is 0. The van der Waals surface area contributed by atoms with Crippen molar-refractivity contribution in [1.29, 1.82) is 0 Å². The summed E-state index contributed by atoms with van der Waals surface area (Å²) >= 11 is 0. The number of ether oxygens (including phenoxy) is 3. The fourth-order valence-electron chi connectivity index (χ4n) is 12.0. The van der Waals surface area contributed by atoms with Gasteiger partial charge in [-0.3, -0.25) is 14.4 Å². The SMILES string of the molecule is CCCCCCCCCCCCCCCCCCCCCCCCCCCCCC(=O)OCC(COC(=O)CCCCCCCCCCCCCCCCCC)OC(=O)CCCCCCCCCCCCCCCCCCCCCC. The third-order valence-corrected chi connectivity index (χ3v) is 17.6. The maximum absolute atomic E-state index is 13.0. The summed E-state index contributed by atoms with van der Waals surface area (Å²) in [6.45, 7) is 6.76. The van der Waals surface area contributed by atoms with Gasteiger partial charge in [-0.05, 0) is 19.3 Å². The molecule has 81 heavy (non-hydrogen) atoms. The van der Waals surface area contributed by atoms with Gasteiger partial charge >= 0.3 is 17.9 Å².